The van der Waals surface area contributed by atoms with Gasteiger partial charge in [0.05, 0.1) is 6.10 Å². The molecule has 0 aromatic carbocycles. The average molecular weight is 259 g/mol. The van der Waals surface area contributed by atoms with Crippen molar-refractivity contribution < 1.29 is 42.2 Å². The van der Waals surface area contributed by atoms with Gasteiger partial charge in [0, 0.05) is 39.3 Å². The van der Waals surface area contributed by atoms with Gasteiger partial charge in [-0.15, -0.1) is 0 Å². The molecule has 75 valence electrons. The molecule has 0 aliphatic rings. The van der Waals surface area contributed by atoms with Crippen molar-refractivity contribution in [3.63, 3.8) is 0 Å². The molecule has 1 unspecified atom stereocenters. The van der Waals surface area contributed by atoms with E-state index < -0.39 is 0 Å². The molecule has 13 heavy (non-hydrogen) atoms. The minimum Gasteiger partial charge on any atom is -0.419 e. The summed E-state index contributed by atoms with van der Waals surface area (Å²) in [6, 6.07) is 0. The number of ether oxygens (including phenoxy) is 1. The Hall–Kier alpha value is 0.474. The summed E-state index contributed by atoms with van der Waals surface area (Å²) in [4.78, 5) is 9.79. The van der Waals surface area contributed by atoms with Crippen LogP contribution in [0, 0.1) is 13.3 Å². The van der Waals surface area contributed by atoms with E-state index in [1.807, 2.05) is 20.8 Å². The fourth-order valence-corrected chi connectivity index (χ4v) is 0.603. The maximum atomic E-state index is 9.79. The Morgan fingerprint density at radius 3 is 2.31 bits per heavy atom. The van der Waals surface area contributed by atoms with Crippen molar-refractivity contribution in [1.82, 2.24) is 0 Å². The zero-order valence-corrected chi connectivity index (χ0v) is 11.7. The van der Waals surface area contributed by atoms with Crippen LogP contribution in [0.2, 0.25) is 0 Å². The van der Waals surface area contributed by atoms with E-state index in [1.165, 1.54) is 6.08 Å². The number of hydrogen-bond donors (Lipinski definition) is 0. The van der Waals surface area contributed by atoms with Crippen LogP contribution in [0.1, 0.15) is 20.8 Å². The SMILES string of the molecule is CC(/C=C/[C-]=O)COC(C)C.[CH3-].[Y]. The predicted octanol–water partition coefficient (Wildman–Crippen LogP) is 2.16. The van der Waals surface area contributed by atoms with Gasteiger partial charge in [0.2, 0.25) is 0 Å². The molecule has 0 saturated heterocycles. The Kier molecular flexibility index (Phi) is 18.3. The van der Waals surface area contributed by atoms with Gasteiger partial charge < -0.3 is 17.0 Å². The molecule has 1 atom stereocenters. The molecule has 3 heteroatoms. The molecular formula is C10H18O2Y-2. The third-order valence-corrected chi connectivity index (χ3v) is 1.19. The van der Waals surface area contributed by atoms with Crippen LogP contribution in [-0.4, -0.2) is 19.0 Å². The van der Waals surface area contributed by atoms with Gasteiger partial charge in [-0.3, -0.25) is 0 Å². The van der Waals surface area contributed by atoms with Crippen LogP contribution >= 0.6 is 0 Å². The van der Waals surface area contributed by atoms with E-state index in [4.69, 9.17) is 4.74 Å². The number of hydrogen-bond acceptors (Lipinski definition) is 2. The molecule has 0 spiro atoms. The van der Waals surface area contributed by atoms with Crippen molar-refractivity contribution in [2.24, 2.45) is 5.92 Å². The van der Waals surface area contributed by atoms with Crippen LogP contribution in [0.4, 0.5) is 0 Å². The van der Waals surface area contributed by atoms with Crippen LogP contribution in [0.25, 0.3) is 0 Å². The standard InChI is InChI=1S/C9H15O2.CH3.Y/c1-8(2)11-7-9(3)5-4-6-10;;/h4-5,8-9H,7H2,1-3H3;1H3;/q2*-1;/b5-4+;;. The van der Waals surface area contributed by atoms with Crippen molar-refractivity contribution >= 4 is 6.29 Å². The molecule has 1 radical (unpaired) electrons. The molecule has 0 heterocycles. The third-order valence-electron chi connectivity index (χ3n) is 1.19. The molecule has 0 aromatic rings. The number of rotatable bonds is 5. The largest absolute Gasteiger partial charge is 0.419 e. The summed E-state index contributed by atoms with van der Waals surface area (Å²) >= 11 is 0. The van der Waals surface area contributed by atoms with Gasteiger partial charge in [0.25, 0.3) is 0 Å². The van der Waals surface area contributed by atoms with Gasteiger partial charge in [-0.1, -0.05) is 12.8 Å². The van der Waals surface area contributed by atoms with Gasteiger partial charge in [0.15, 0.2) is 0 Å². The Morgan fingerprint density at radius 1 is 1.38 bits per heavy atom. The fraction of sp³-hybridized carbons (Fsp3) is 0.600. The minimum atomic E-state index is 0. The first kappa shape index (κ1) is 19.1. The molecule has 2 nitrogen and oxygen atoms in total. The maximum absolute atomic E-state index is 9.79. The minimum absolute atomic E-state index is 0. The van der Waals surface area contributed by atoms with E-state index in [-0.39, 0.29) is 46.2 Å². The molecule has 0 aliphatic heterocycles. The first-order valence-corrected chi connectivity index (χ1v) is 3.82. The second kappa shape index (κ2) is 12.5. The van der Waals surface area contributed by atoms with Gasteiger partial charge in [-0.05, 0) is 20.1 Å². The van der Waals surface area contributed by atoms with Crippen LogP contribution in [0.5, 0.6) is 0 Å². The van der Waals surface area contributed by atoms with E-state index in [9.17, 15) is 4.79 Å². The van der Waals surface area contributed by atoms with Crippen molar-refractivity contribution in [3.8, 4) is 0 Å². The van der Waals surface area contributed by atoms with Crippen molar-refractivity contribution in [2.45, 2.75) is 26.9 Å². The van der Waals surface area contributed by atoms with Crippen LogP contribution < -0.4 is 0 Å². The molecule has 0 aliphatic carbocycles. The topological polar surface area (TPSA) is 26.3 Å². The molecule has 0 fully saturated rings. The fourth-order valence-electron chi connectivity index (χ4n) is 0.603. The van der Waals surface area contributed by atoms with E-state index in [0.29, 0.717) is 12.5 Å². The summed E-state index contributed by atoms with van der Waals surface area (Å²) < 4.78 is 5.32. The summed E-state index contributed by atoms with van der Waals surface area (Å²) in [6.45, 7) is 6.64. The van der Waals surface area contributed by atoms with Crippen LogP contribution in [0.15, 0.2) is 12.2 Å². The molecule has 0 saturated carbocycles. The normalized spacial score (nSPS) is 12.0. The first-order chi connectivity index (χ1) is 5.16. The van der Waals surface area contributed by atoms with E-state index in [0.717, 1.165) is 0 Å². The maximum Gasteiger partial charge on any atom is 0.0518 e. The molecular weight excluding hydrogens is 241 g/mol. The van der Waals surface area contributed by atoms with Crippen molar-refractivity contribution in [1.29, 1.82) is 0 Å². The molecule has 0 amide bonds. The summed E-state index contributed by atoms with van der Waals surface area (Å²) in [5, 5.41) is 0. The smallest absolute Gasteiger partial charge is 0.0518 e. The van der Waals surface area contributed by atoms with E-state index >= 15 is 0 Å². The van der Waals surface area contributed by atoms with Gasteiger partial charge in [0.1, 0.15) is 0 Å². The van der Waals surface area contributed by atoms with Gasteiger partial charge >= 0.3 is 0 Å². The van der Waals surface area contributed by atoms with Crippen molar-refractivity contribution in [3.05, 3.63) is 19.6 Å². The zero-order chi connectivity index (χ0) is 8.69. The number of carbonyl (C=O) groups excluding carboxylic acids is 1. The van der Waals surface area contributed by atoms with Crippen LogP contribution in [0.3, 0.4) is 0 Å². The molecule has 0 aromatic heterocycles. The third kappa shape index (κ3) is 15.2. The first-order valence-electron chi connectivity index (χ1n) is 3.82. The summed E-state index contributed by atoms with van der Waals surface area (Å²) in [5.74, 6) is 0.291. The Bertz CT molecular complexity index is 133. The summed E-state index contributed by atoms with van der Waals surface area (Å²) in [6.07, 6.45) is 5.13. The van der Waals surface area contributed by atoms with Gasteiger partial charge in [-0.2, -0.15) is 6.08 Å². The second-order valence-corrected chi connectivity index (χ2v) is 2.84. The molecule has 0 rings (SSSR count). The average Bonchev–Trinajstić information content (AvgIpc) is 1.97. The van der Waals surface area contributed by atoms with E-state index in [2.05, 4.69) is 0 Å². The monoisotopic (exact) mass is 259 g/mol. The van der Waals surface area contributed by atoms with Crippen molar-refractivity contribution in [2.75, 3.05) is 6.61 Å². The Morgan fingerprint density at radius 2 is 1.92 bits per heavy atom. The Labute approximate surface area is 107 Å². The van der Waals surface area contributed by atoms with E-state index in [1.54, 1.807) is 12.4 Å². The predicted molar refractivity (Wildman–Crippen MR) is 51.5 cm³/mol. The molecule has 0 N–H and O–H groups in total. The van der Waals surface area contributed by atoms with Crippen LogP contribution in [-0.2, 0) is 42.2 Å². The second-order valence-electron chi connectivity index (χ2n) is 2.84. The quantitative estimate of drug-likeness (QED) is 0.558. The molecule has 0 bridgehead atoms. The number of allylic oxidation sites excluding steroid dienone is 1. The summed E-state index contributed by atoms with van der Waals surface area (Å²) in [5.41, 5.74) is 0. The Balaban J connectivity index is -0.000000500. The van der Waals surface area contributed by atoms with Gasteiger partial charge in [-0.25, -0.2) is 6.08 Å². The zero-order valence-electron chi connectivity index (χ0n) is 8.91. The summed E-state index contributed by atoms with van der Waals surface area (Å²) in [7, 11) is 0.